The van der Waals surface area contributed by atoms with E-state index >= 15 is 0 Å². The van der Waals surface area contributed by atoms with Gasteiger partial charge in [0.25, 0.3) is 0 Å². The summed E-state index contributed by atoms with van der Waals surface area (Å²) in [7, 11) is 1.49. The summed E-state index contributed by atoms with van der Waals surface area (Å²) in [6.45, 7) is 3.44. The number of halogens is 2. The van der Waals surface area contributed by atoms with Crippen molar-refractivity contribution in [1.29, 1.82) is 5.26 Å². The normalized spacial score (nSPS) is 12.2. The number of aliphatic carboxylic acids is 2. The van der Waals surface area contributed by atoms with Crippen LogP contribution >= 0.6 is 23.2 Å². The van der Waals surface area contributed by atoms with Crippen molar-refractivity contribution in [2.24, 2.45) is 0 Å². The third-order valence-corrected chi connectivity index (χ3v) is 11.0. The highest BCUT2D eigenvalue weighted by Gasteiger charge is 2.21. The number of aliphatic hydroxyl groups is 2. The van der Waals surface area contributed by atoms with Gasteiger partial charge in [0.05, 0.1) is 48.7 Å². The number of aliphatic hydroxyl groups excluding tert-OH is 2. The highest BCUT2D eigenvalue weighted by molar-refractivity contribution is 6.32. The molecule has 322 valence electrons. The third-order valence-electron chi connectivity index (χ3n) is 10.3. The van der Waals surface area contributed by atoms with Crippen molar-refractivity contribution < 1.29 is 44.2 Å². The number of aryl methyl sites for hydroxylation is 1. The molecule has 0 bridgehead atoms. The van der Waals surface area contributed by atoms with E-state index in [0.717, 1.165) is 38.9 Å². The molecule has 2 heterocycles. The minimum atomic E-state index is -1.20. The van der Waals surface area contributed by atoms with Crippen LogP contribution in [-0.4, -0.2) is 79.5 Å². The SMILES string of the molecule is COc1cc(OCc2cccc(-c3cccc4c3c(C)nn4Cc3cc(OCc4cncc(C#N)c4)c(CN[C@@H](CO)C(=O)O)cc3Cl)c2C)c(Cl)cc1CN[C@@H](CO)C(=O)O. The van der Waals surface area contributed by atoms with Crippen molar-refractivity contribution in [3.8, 4) is 34.4 Å². The Morgan fingerprint density at radius 1 is 0.790 bits per heavy atom. The first-order valence-electron chi connectivity index (χ1n) is 19.3. The minimum absolute atomic E-state index is 0.0356. The van der Waals surface area contributed by atoms with Crippen molar-refractivity contribution >= 4 is 46.0 Å². The van der Waals surface area contributed by atoms with Crippen LogP contribution in [0.3, 0.4) is 0 Å². The number of pyridine rings is 1. The molecule has 0 fully saturated rings. The second-order valence-electron chi connectivity index (χ2n) is 14.4. The lowest BCUT2D eigenvalue weighted by molar-refractivity contribution is -0.141. The van der Waals surface area contributed by atoms with Gasteiger partial charge in [-0.25, -0.2) is 0 Å². The van der Waals surface area contributed by atoms with Crippen molar-refractivity contribution in [2.75, 3.05) is 20.3 Å². The van der Waals surface area contributed by atoms with E-state index in [0.29, 0.717) is 55.1 Å². The van der Waals surface area contributed by atoms with Crippen LogP contribution in [0.1, 0.15) is 44.6 Å². The maximum absolute atomic E-state index is 11.6. The molecule has 0 spiro atoms. The molecular weight excluding hydrogens is 839 g/mol. The Kier molecular flexibility index (Phi) is 15.0. The second kappa shape index (κ2) is 20.5. The number of carboxylic acid groups (broad SMARTS) is 2. The molecule has 0 saturated carbocycles. The summed E-state index contributed by atoms with van der Waals surface area (Å²) in [6, 6.07) is 20.1. The summed E-state index contributed by atoms with van der Waals surface area (Å²) in [5.74, 6) is -1.14. The summed E-state index contributed by atoms with van der Waals surface area (Å²) < 4.78 is 19.9. The Labute approximate surface area is 367 Å². The van der Waals surface area contributed by atoms with E-state index < -0.39 is 37.2 Å². The van der Waals surface area contributed by atoms with Crippen LogP contribution in [0, 0.1) is 25.2 Å². The summed E-state index contributed by atoms with van der Waals surface area (Å²) >= 11 is 13.5. The molecule has 0 aliphatic carbocycles. The molecule has 0 saturated heterocycles. The molecule has 0 aliphatic heterocycles. The lowest BCUT2D eigenvalue weighted by atomic mass is 9.94. The van der Waals surface area contributed by atoms with Gasteiger partial charge < -0.3 is 34.6 Å². The monoisotopic (exact) mass is 882 g/mol. The molecule has 0 radical (unpaired) electrons. The zero-order chi connectivity index (χ0) is 44.5. The van der Waals surface area contributed by atoms with E-state index in [-0.39, 0.29) is 32.8 Å². The number of benzene rings is 4. The topological polar surface area (TPSA) is 221 Å². The fourth-order valence-electron chi connectivity index (χ4n) is 6.97. The standard InChI is InChI=1S/C45H44Cl2N6O9/c1-25-29(24-62-42-14-40(60-3)30(12-36(42)47)18-50-37(21-54)44(56)57)6-4-7-33(25)34-8-5-9-39-43(34)26(2)52-53(39)20-32-13-41(61-23-28-10-27(15-48)16-49-17-28)31(11-35(32)46)19-51-38(22-55)45(58)59/h4-14,16-17,37-38,50-51,54-55H,18-24H2,1-3H3,(H,56,57)(H,58,59)/t37-,38-/m0/s1. The van der Waals surface area contributed by atoms with Crippen LogP contribution in [0.5, 0.6) is 17.2 Å². The number of rotatable bonds is 20. The number of carbonyl (C=O) groups is 2. The highest BCUT2D eigenvalue weighted by Crippen LogP contribution is 2.37. The first kappa shape index (κ1) is 45.3. The number of nitrogens with zero attached hydrogens (tertiary/aromatic N) is 4. The minimum Gasteiger partial charge on any atom is -0.496 e. The number of nitriles is 1. The molecule has 0 amide bonds. The summed E-state index contributed by atoms with van der Waals surface area (Å²) in [5.41, 5.74) is 8.37. The fraction of sp³-hybridized carbons (Fsp3) is 0.267. The number of hydrogen-bond acceptors (Lipinski definition) is 12. The molecule has 2 atom stereocenters. The number of fused-ring (bicyclic) bond motifs is 1. The van der Waals surface area contributed by atoms with E-state index in [2.05, 4.69) is 21.7 Å². The smallest absolute Gasteiger partial charge is 0.323 e. The largest absolute Gasteiger partial charge is 0.496 e. The quantitative estimate of drug-likeness (QED) is 0.0505. The number of aromatic nitrogens is 3. The summed E-state index contributed by atoms with van der Waals surface area (Å²) in [4.78, 5) is 27.1. The number of hydrogen-bond donors (Lipinski definition) is 6. The van der Waals surface area contributed by atoms with Gasteiger partial charge in [0.1, 0.15) is 48.6 Å². The van der Waals surface area contributed by atoms with Gasteiger partial charge in [-0.3, -0.25) is 29.9 Å². The molecule has 2 aromatic heterocycles. The Bertz CT molecular complexity index is 2650. The molecule has 6 rings (SSSR count). The lowest BCUT2D eigenvalue weighted by Gasteiger charge is -2.18. The number of methoxy groups -OCH3 is 1. The van der Waals surface area contributed by atoms with Crippen LogP contribution in [0.15, 0.2) is 79.1 Å². The van der Waals surface area contributed by atoms with Crippen LogP contribution < -0.4 is 24.8 Å². The van der Waals surface area contributed by atoms with E-state index in [1.54, 1.807) is 36.5 Å². The molecular formula is C45H44Cl2N6O9. The molecule has 62 heavy (non-hydrogen) atoms. The molecule has 17 heteroatoms. The zero-order valence-corrected chi connectivity index (χ0v) is 35.5. The number of carboxylic acids is 2. The van der Waals surface area contributed by atoms with Gasteiger partial charge in [-0.15, -0.1) is 0 Å². The Morgan fingerprint density at radius 2 is 1.44 bits per heavy atom. The van der Waals surface area contributed by atoms with Crippen LogP contribution in [0.25, 0.3) is 22.0 Å². The first-order valence-corrected chi connectivity index (χ1v) is 20.1. The van der Waals surface area contributed by atoms with Crippen molar-refractivity contribution in [1.82, 2.24) is 25.4 Å². The van der Waals surface area contributed by atoms with Gasteiger partial charge in [0.2, 0.25) is 0 Å². The zero-order valence-electron chi connectivity index (χ0n) is 34.0. The third kappa shape index (κ3) is 10.4. The molecule has 0 aliphatic rings. The van der Waals surface area contributed by atoms with Gasteiger partial charge in [-0.1, -0.05) is 53.5 Å². The van der Waals surface area contributed by atoms with Gasteiger partial charge >= 0.3 is 11.9 Å². The van der Waals surface area contributed by atoms with Gasteiger partial charge in [0.15, 0.2) is 0 Å². The van der Waals surface area contributed by atoms with Crippen molar-refractivity contribution in [2.45, 2.75) is 58.8 Å². The van der Waals surface area contributed by atoms with Crippen LogP contribution in [0.2, 0.25) is 10.0 Å². The average Bonchev–Trinajstić information content (AvgIpc) is 3.58. The van der Waals surface area contributed by atoms with Gasteiger partial charge in [0, 0.05) is 58.6 Å². The van der Waals surface area contributed by atoms with Gasteiger partial charge in [-0.05, 0) is 72.0 Å². The maximum atomic E-state index is 11.6. The van der Waals surface area contributed by atoms with E-state index in [4.69, 9.17) is 42.5 Å². The fourth-order valence-corrected chi connectivity index (χ4v) is 7.46. The average molecular weight is 884 g/mol. The van der Waals surface area contributed by atoms with E-state index in [1.165, 1.54) is 13.3 Å². The summed E-state index contributed by atoms with van der Waals surface area (Å²) in [6.07, 6.45) is 3.05. The van der Waals surface area contributed by atoms with Crippen LogP contribution in [0.4, 0.5) is 0 Å². The van der Waals surface area contributed by atoms with E-state index in [1.807, 2.05) is 54.9 Å². The Morgan fingerprint density at radius 3 is 2.10 bits per heavy atom. The molecule has 15 nitrogen and oxygen atoms in total. The highest BCUT2D eigenvalue weighted by atomic mass is 35.5. The van der Waals surface area contributed by atoms with Gasteiger partial charge in [-0.2, -0.15) is 10.4 Å². The first-order chi connectivity index (χ1) is 29.8. The Balaban J connectivity index is 1.26. The molecule has 0 unspecified atom stereocenters. The van der Waals surface area contributed by atoms with Crippen molar-refractivity contribution in [3.63, 3.8) is 0 Å². The lowest BCUT2D eigenvalue weighted by Crippen LogP contribution is -2.39. The maximum Gasteiger partial charge on any atom is 0.323 e. The summed E-state index contributed by atoms with van der Waals surface area (Å²) in [5, 5.41) is 59.3. The van der Waals surface area contributed by atoms with Crippen LogP contribution in [-0.2, 0) is 42.4 Å². The van der Waals surface area contributed by atoms with Crippen molar-refractivity contribution in [3.05, 3.63) is 134 Å². The predicted octanol–water partition coefficient (Wildman–Crippen LogP) is 6.18. The number of ether oxygens (including phenoxy) is 3. The molecule has 6 N–H and O–H groups in total. The molecule has 4 aromatic carbocycles. The predicted molar refractivity (Wildman–Crippen MR) is 232 cm³/mol. The van der Waals surface area contributed by atoms with E-state index in [9.17, 15) is 35.3 Å². The second-order valence-corrected chi connectivity index (χ2v) is 15.2. The number of nitrogens with one attached hydrogen (secondary N) is 2. The Hall–Kier alpha value is -6.25. The molecule has 6 aromatic rings.